The van der Waals surface area contributed by atoms with Crippen LogP contribution in [0, 0.1) is 6.92 Å². The van der Waals surface area contributed by atoms with Gasteiger partial charge in [-0.25, -0.2) is 4.79 Å². The van der Waals surface area contributed by atoms with Crippen molar-refractivity contribution in [2.45, 2.75) is 13.8 Å². The van der Waals surface area contributed by atoms with Crippen molar-refractivity contribution in [1.82, 2.24) is 0 Å². The number of hydrogen-bond acceptors (Lipinski definition) is 4. The summed E-state index contributed by atoms with van der Waals surface area (Å²) in [5.41, 5.74) is 2.65. The van der Waals surface area contributed by atoms with E-state index in [1.165, 1.54) is 6.08 Å². The van der Waals surface area contributed by atoms with Gasteiger partial charge in [0.25, 0.3) is 5.91 Å². The molecule has 25 heavy (non-hydrogen) atoms. The zero-order valence-corrected chi connectivity index (χ0v) is 14.3. The lowest BCUT2D eigenvalue weighted by atomic mass is 10.1. The maximum absolute atomic E-state index is 11.8. The molecule has 130 valence electrons. The van der Waals surface area contributed by atoms with Crippen LogP contribution in [0.5, 0.6) is 5.75 Å². The third-order valence-corrected chi connectivity index (χ3v) is 3.28. The fourth-order valence-electron chi connectivity index (χ4n) is 2.02. The first kappa shape index (κ1) is 18.3. The summed E-state index contributed by atoms with van der Waals surface area (Å²) in [4.78, 5) is 23.4. The second-order valence-corrected chi connectivity index (χ2v) is 5.36. The average Bonchev–Trinajstić information content (AvgIpc) is 2.61. The Morgan fingerprint density at radius 1 is 1.04 bits per heavy atom. The number of nitrogens with one attached hydrogen (secondary N) is 1. The van der Waals surface area contributed by atoms with E-state index in [9.17, 15) is 9.59 Å². The minimum Gasteiger partial charge on any atom is -0.494 e. The molecule has 5 heteroatoms. The Labute approximate surface area is 147 Å². The van der Waals surface area contributed by atoms with E-state index < -0.39 is 11.9 Å². The predicted octanol–water partition coefficient (Wildman–Crippen LogP) is 3.59. The molecule has 2 rings (SSSR count). The van der Waals surface area contributed by atoms with E-state index in [0.29, 0.717) is 12.3 Å². The molecule has 0 saturated carbocycles. The number of benzene rings is 2. The molecule has 0 aliphatic heterocycles. The van der Waals surface area contributed by atoms with Crippen LogP contribution >= 0.6 is 0 Å². The van der Waals surface area contributed by atoms with Gasteiger partial charge >= 0.3 is 5.97 Å². The Kier molecular flexibility index (Phi) is 6.77. The zero-order valence-electron chi connectivity index (χ0n) is 14.3. The highest BCUT2D eigenvalue weighted by atomic mass is 16.5. The molecule has 0 aliphatic carbocycles. The summed E-state index contributed by atoms with van der Waals surface area (Å²) in [5.74, 6) is -0.239. The van der Waals surface area contributed by atoms with Crippen LogP contribution in [0.4, 0.5) is 5.69 Å². The van der Waals surface area contributed by atoms with Crippen molar-refractivity contribution < 1.29 is 19.1 Å². The SMILES string of the molecule is CCOc1ccc(NC(=O)COC(=O)/C=C/c2ccc(C)cc2)cc1. The summed E-state index contributed by atoms with van der Waals surface area (Å²) in [6, 6.07) is 14.7. The van der Waals surface area contributed by atoms with Gasteiger partial charge in [-0.2, -0.15) is 0 Å². The normalized spacial score (nSPS) is 10.5. The Morgan fingerprint density at radius 2 is 1.72 bits per heavy atom. The van der Waals surface area contributed by atoms with Gasteiger partial charge < -0.3 is 14.8 Å². The fourth-order valence-corrected chi connectivity index (χ4v) is 2.02. The van der Waals surface area contributed by atoms with Crippen molar-refractivity contribution in [3.8, 4) is 5.75 Å². The summed E-state index contributed by atoms with van der Waals surface area (Å²) in [6.07, 6.45) is 2.95. The van der Waals surface area contributed by atoms with Crippen molar-refractivity contribution in [3.05, 3.63) is 65.7 Å². The maximum Gasteiger partial charge on any atom is 0.331 e. The monoisotopic (exact) mass is 339 g/mol. The molecule has 2 aromatic carbocycles. The Balaban J connectivity index is 1.76. The molecule has 5 nitrogen and oxygen atoms in total. The van der Waals surface area contributed by atoms with Gasteiger partial charge in [-0.3, -0.25) is 4.79 Å². The van der Waals surface area contributed by atoms with Gasteiger partial charge in [-0.05, 0) is 49.8 Å². The lowest BCUT2D eigenvalue weighted by Gasteiger charge is -2.07. The topological polar surface area (TPSA) is 64.6 Å². The van der Waals surface area contributed by atoms with Crippen molar-refractivity contribution in [3.63, 3.8) is 0 Å². The van der Waals surface area contributed by atoms with Crippen molar-refractivity contribution in [2.24, 2.45) is 0 Å². The minimum atomic E-state index is -0.567. The summed E-state index contributed by atoms with van der Waals surface area (Å²) >= 11 is 0. The van der Waals surface area contributed by atoms with E-state index in [2.05, 4.69) is 5.32 Å². The highest BCUT2D eigenvalue weighted by Gasteiger charge is 2.06. The second-order valence-electron chi connectivity index (χ2n) is 5.36. The summed E-state index contributed by atoms with van der Waals surface area (Å²) in [7, 11) is 0. The lowest BCUT2D eigenvalue weighted by molar-refractivity contribution is -0.142. The number of hydrogen-bond donors (Lipinski definition) is 1. The van der Waals surface area contributed by atoms with Crippen LogP contribution in [0.3, 0.4) is 0 Å². The average molecular weight is 339 g/mol. The van der Waals surface area contributed by atoms with Crippen molar-refractivity contribution in [1.29, 1.82) is 0 Å². The third-order valence-electron chi connectivity index (χ3n) is 3.28. The van der Waals surface area contributed by atoms with Gasteiger partial charge in [-0.15, -0.1) is 0 Å². The quantitative estimate of drug-likeness (QED) is 0.618. The molecule has 0 bridgehead atoms. The van der Waals surface area contributed by atoms with Crippen LogP contribution in [0.2, 0.25) is 0 Å². The van der Waals surface area contributed by atoms with E-state index in [-0.39, 0.29) is 6.61 Å². The second kappa shape index (κ2) is 9.27. The van der Waals surface area contributed by atoms with Crippen molar-refractivity contribution in [2.75, 3.05) is 18.5 Å². The summed E-state index contributed by atoms with van der Waals surface area (Å²) in [6.45, 7) is 4.13. The van der Waals surface area contributed by atoms with E-state index in [4.69, 9.17) is 9.47 Å². The number of rotatable bonds is 7. The standard InChI is InChI=1S/C20H21NO4/c1-3-24-18-11-9-17(10-12-18)21-19(22)14-25-20(23)13-8-16-6-4-15(2)5-7-16/h4-13H,3,14H2,1-2H3,(H,21,22)/b13-8+. The molecule has 1 N–H and O–H groups in total. The molecule has 0 aromatic heterocycles. The molecule has 0 fully saturated rings. The molecule has 0 spiro atoms. The largest absolute Gasteiger partial charge is 0.494 e. The number of anilines is 1. The van der Waals surface area contributed by atoms with Gasteiger partial charge in [0.05, 0.1) is 6.61 Å². The van der Waals surface area contributed by atoms with Gasteiger partial charge in [0, 0.05) is 11.8 Å². The summed E-state index contributed by atoms with van der Waals surface area (Å²) < 4.78 is 10.2. The first-order valence-electron chi connectivity index (χ1n) is 8.01. The molecule has 1 amide bonds. The molecular weight excluding hydrogens is 318 g/mol. The Hall–Kier alpha value is -3.08. The van der Waals surface area contributed by atoms with Crippen LogP contribution in [0.25, 0.3) is 6.08 Å². The lowest BCUT2D eigenvalue weighted by Crippen LogP contribution is -2.20. The highest BCUT2D eigenvalue weighted by molar-refractivity contribution is 5.94. The van der Waals surface area contributed by atoms with Crippen molar-refractivity contribution >= 4 is 23.6 Å². The van der Waals surface area contributed by atoms with Crippen LogP contribution in [0.15, 0.2) is 54.6 Å². The number of carbonyl (C=O) groups excluding carboxylic acids is 2. The zero-order chi connectivity index (χ0) is 18.1. The molecule has 2 aromatic rings. The molecule has 0 unspecified atom stereocenters. The van der Waals surface area contributed by atoms with Gasteiger partial charge in [0.15, 0.2) is 6.61 Å². The maximum atomic E-state index is 11.8. The van der Waals surface area contributed by atoms with Crippen LogP contribution < -0.4 is 10.1 Å². The van der Waals surface area contributed by atoms with Gasteiger partial charge in [0.1, 0.15) is 5.75 Å². The minimum absolute atomic E-state index is 0.343. The molecule has 0 heterocycles. The van der Waals surface area contributed by atoms with Crippen LogP contribution in [0.1, 0.15) is 18.1 Å². The molecule has 0 radical (unpaired) electrons. The Morgan fingerprint density at radius 3 is 2.36 bits per heavy atom. The van der Waals surface area contributed by atoms with E-state index in [0.717, 1.165) is 16.9 Å². The molecule has 0 atom stereocenters. The number of amides is 1. The van der Waals surface area contributed by atoms with E-state index in [1.54, 1.807) is 30.3 Å². The fraction of sp³-hybridized carbons (Fsp3) is 0.200. The molecular formula is C20H21NO4. The third kappa shape index (κ3) is 6.51. The molecule has 0 saturated heterocycles. The Bertz CT molecular complexity index is 733. The van der Waals surface area contributed by atoms with E-state index in [1.807, 2.05) is 38.1 Å². The number of carbonyl (C=O) groups is 2. The van der Waals surface area contributed by atoms with E-state index >= 15 is 0 Å². The number of esters is 1. The number of aryl methyl sites for hydroxylation is 1. The smallest absolute Gasteiger partial charge is 0.331 e. The van der Waals surface area contributed by atoms with Crippen LogP contribution in [-0.4, -0.2) is 25.1 Å². The van der Waals surface area contributed by atoms with Gasteiger partial charge in [-0.1, -0.05) is 29.8 Å². The van der Waals surface area contributed by atoms with Gasteiger partial charge in [0.2, 0.25) is 0 Å². The predicted molar refractivity (Wildman–Crippen MR) is 97.4 cm³/mol. The number of ether oxygens (including phenoxy) is 2. The van der Waals surface area contributed by atoms with Crippen LogP contribution in [-0.2, 0) is 14.3 Å². The molecule has 0 aliphatic rings. The highest BCUT2D eigenvalue weighted by Crippen LogP contribution is 2.15. The first-order chi connectivity index (χ1) is 12.1. The summed E-state index contributed by atoms with van der Waals surface area (Å²) in [5, 5.41) is 2.65. The first-order valence-corrected chi connectivity index (χ1v) is 8.01.